The summed E-state index contributed by atoms with van der Waals surface area (Å²) in [7, 11) is 1.60. The molecule has 0 spiro atoms. The fourth-order valence-corrected chi connectivity index (χ4v) is 1.68. The number of methoxy groups -OCH3 is 1. The van der Waals surface area contributed by atoms with Crippen molar-refractivity contribution in [1.82, 2.24) is 0 Å². The predicted molar refractivity (Wildman–Crippen MR) is 70.0 cm³/mol. The Bertz CT molecular complexity index is 339. The van der Waals surface area contributed by atoms with E-state index in [-0.39, 0.29) is 13.2 Å². The van der Waals surface area contributed by atoms with E-state index in [9.17, 15) is 5.11 Å². The normalized spacial score (nSPS) is 10.4. The van der Waals surface area contributed by atoms with E-state index in [1.54, 1.807) is 25.3 Å². The highest BCUT2D eigenvalue weighted by Crippen LogP contribution is 2.25. The van der Waals surface area contributed by atoms with E-state index < -0.39 is 0 Å². The molecule has 0 aliphatic rings. The fourth-order valence-electron chi connectivity index (χ4n) is 1.68. The summed E-state index contributed by atoms with van der Waals surface area (Å²) in [6.07, 6.45) is 3.85. The lowest BCUT2D eigenvalue weighted by molar-refractivity contribution is 0.255. The maximum absolute atomic E-state index is 9.21. The molecule has 0 bridgehead atoms. The lowest BCUT2D eigenvalue weighted by Crippen LogP contribution is -2.01. The number of ether oxygens (including phenoxy) is 2. The molecule has 0 saturated heterocycles. The van der Waals surface area contributed by atoms with Crippen LogP contribution in [0.1, 0.15) is 31.2 Å². The molecule has 102 valence electrons. The standard InChI is InChI=1S/C14H22O4/c1-17-13-7-6-12(11-16)14(10-13)18-9-5-3-2-4-8-15/h6-7,10,15-16H,2-5,8-9,11H2,1H3. The quantitative estimate of drug-likeness (QED) is 0.663. The van der Waals surface area contributed by atoms with Crippen molar-refractivity contribution in [3.8, 4) is 11.5 Å². The Morgan fingerprint density at radius 1 is 1.06 bits per heavy atom. The second-order valence-corrected chi connectivity index (χ2v) is 4.12. The van der Waals surface area contributed by atoms with Gasteiger partial charge < -0.3 is 19.7 Å². The second-order valence-electron chi connectivity index (χ2n) is 4.12. The Labute approximate surface area is 108 Å². The monoisotopic (exact) mass is 254 g/mol. The summed E-state index contributed by atoms with van der Waals surface area (Å²) < 4.78 is 10.8. The maximum Gasteiger partial charge on any atom is 0.128 e. The molecule has 4 heteroatoms. The molecule has 0 heterocycles. The SMILES string of the molecule is COc1ccc(CO)c(OCCCCCCO)c1. The van der Waals surface area contributed by atoms with E-state index in [1.165, 1.54) is 0 Å². The van der Waals surface area contributed by atoms with Crippen molar-refractivity contribution in [3.63, 3.8) is 0 Å². The predicted octanol–water partition coefficient (Wildman–Crippen LogP) is 2.12. The molecule has 1 rings (SSSR count). The van der Waals surface area contributed by atoms with Crippen molar-refractivity contribution in [2.75, 3.05) is 20.3 Å². The van der Waals surface area contributed by atoms with Gasteiger partial charge in [0, 0.05) is 18.2 Å². The van der Waals surface area contributed by atoms with Gasteiger partial charge in [-0.05, 0) is 31.4 Å². The van der Waals surface area contributed by atoms with Crippen molar-refractivity contribution < 1.29 is 19.7 Å². The number of aliphatic hydroxyl groups excluding tert-OH is 2. The largest absolute Gasteiger partial charge is 0.497 e. The molecular weight excluding hydrogens is 232 g/mol. The number of unbranched alkanes of at least 4 members (excludes halogenated alkanes) is 3. The maximum atomic E-state index is 9.21. The Kier molecular flexibility index (Phi) is 7.22. The molecule has 2 N–H and O–H groups in total. The van der Waals surface area contributed by atoms with Gasteiger partial charge in [0.05, 0.1) is 20.3 Å². The zero-order valence-electron chi connectivity index (χ0n) is 10.9. The first kappa shape index (κ1) is 14.8. The minimum absolute atomic E-state index is 0.0379. The average Bonchev–Trinajstić information content (AvgIpc) is 2.42. The first-order chi connectivity index (χ1) is 8.81. The second kappa shape index (κ2) is 8.78. The van der Waals surface area contributed by atoms with Gasteiger partial charge in [0.1, 0.15) is 11.5 Å². The zero-order valence-corrected chi connectivity index (χ0v) is 10.9. The Hall–Kier alpha value is -1.26. The van der Waals surface area contributed by atoms with E-state index in [0.717, 1.165) is 37.0 Å². The van der Waals surface area contributed by atoms with Crippen molar-refractivity contribution >= 4 is 0 Å². The number of aliphatic hydroxyl groups is 2. The molecule has 0 unspecified atom stereocenters. The molecule has 0 radical (unpaired) electrons. The molecule has 0 fully saturated rings. The van der Waals surface area contributed by atoms with E-state index in [4.69, 9.17) is 14.6 Å². The van der Waals surface area contributed by atoms with Crippen LogP contribution in [0.15, 0.2) is 18.2 Å². The molecule has 0 aromatic heterocycles. The van der Waals surface area contributed by atoms with Crippen molar-refractivity contribution in [2.45, 2.75) is 32.3 Å². The van der Waals surface area contributed by atoms with Crippen LogP contribution in [-0.4, -0.2) is 30.5 Å². The van der Waals surface area contributed by atoms with Gasteiger partial charge in [-0.2, -0.15) is 0 Å². The number of hydrogen-bond acceptors (Lipinski definition) is 4. The molecule has 1 aromatic rings. The van der Waals surface area contributed by atoms with E-state index in [1.807, 2.05) is 0 Å². The smallest absolute Gasteiger partial charge is 0.128 e. The van der Waals surface area contributed by atoms with Gasteiger partial charge in [0.15, 0.2) is 0 Å². The van der Waals surface area contributed by atoms with Gasteiger partial charge in [0.25, 0.3) is 0 Å². The highest BCUT2D eigenvalue weighted by atomic mass is 16.5. The summed E-state index contributed by atoms with van der Waals surface area (Å²) >= 11 is 0. The lowest BCUT2D eigenvalue weighted by atomic mass is 10.2. The molecule has 1 aromatic carbocycles. The van der Waals surface area contributed by atoms with Crippen LogP contribution >= 0.6 is 0 Å². The summed E-state index contributed by atoms with van der Waals surface area (Å²) in [5.41, 5.74) is 0.770. The summed E-state index contributed by atoms with van der Waals surface area (Å²) in [6, 6.07) is 5.40. The number of hydrogen-bond donors (Lipinski definition) is 2. The van der Waals surface area contributed by atoms with Crippen LogP contribution in [0.3, 0.4) is 0 Å². The van der Waals surface area contributed by atoms with Crippen LogP contribution in [0.5, 0.6) is 11.5 Å². The van der Waals surface area contributed by atoms with Crippen LogP contribution in [0.4, 0.5) is 0 Å². The van der Waals surface area contributed by atoms with Crippen LogP contribution in [0.25, 0.3) is 0 Å². The van der Waals surface area contributed by atoms with Crippen molar-refractivity contribution in [1.29, 1.82) is 0 Å². The van der Waals surface area contributed by atoms with Gasteiger partial charge >= 0.3 is 0 Å². The topological polar surface area (TPSA) is 58.9 Å². The lowest BCUT2D eigenvalue weighted by Gasteiger charge is -2.11. The summed E-state index contributed by atoms with van der Waals surface area (Å²) in [6.45, 7) is 0.834. The van der Waals surface area contributed by atoms with E-state index in [2.05, 4.69) is 0 Å². The molecule has 0 aliphatic heterocycles. The van der Waals surface area contributed by atoms with E-state index in [0.29, 0.717) is 12.4 Å². The van der Waals surface area contributed by atoms with Crippen LogP contribution in [0.2, 0.25) is 0 Å². The fraction of sp³-hybridized carbons (Fsp3) is 0.571. The minimum atomic E-state index is -0.0379. The summed E-state index contributed by atoms with van der Waals surface area (Å²) in [5.74, 6) is 1.40. The Morgan fingerprint density at radius 3 is 2.50 bits per heavy atom. The van der Waals surface area contributed by atoms with Crippen LogP contribution in [-0.2, 0) is 6.61 Å². The molecule has 0 aliphatic carbocycles. The first-order valence-corrected chi connectivity index (χ1v) is 6.33. The van der Waals surface area contributed by atoms with Crippen LogP contribution in [0, 0.1) is 0 Å². The van der Waals surface area contributed by atoms with E-state index >= 15 is 0 Å². The van der Waals surface area contributed by atoms with Crippen LogP contribution < -0.4 is 9.47 Å². The molecule has 0 amide bonds. The summed E-state index contributed by atoms with van der Waals surface area (Å²) in [4.78, 5) is 0. The van der Waals surface area contributed by atoms with Gasteiger partial charge in [-0.25, -0.2) is 0 Å². The Morgan fingerprint density at radius 2 is 1.83 bits per heavy atom. The molecule has 0 atom stereocenters. The van der Waals surface area contributed by atoms with Crippen molar-refractivity contribution in [3.05, 3.63) is 23.8 Å². The van der Waals surface area contributed by atoms with Gasteiger partial charge in [-0.3, -0.25) is 0 Å². The Balaban J connectivity index is 2.39. The third-order valence-corrected chi connectivity index (χ3v) is 2.75. The van der Waals surface area contributed by atoms with Crippen molar-refractivity contribution in [2.24, 2.45) is 0 Å². The molecular formula is C14H22O4. The van der Waals surface area contributed by atoms with Gasteiger partial charge in [-0.1, -0.05) is 6.42 Å². The zero-order chi connectivity index (χ0) is 13.2. The summed E-state index contributed by atoms with van der Waals surface area (Å²) in [5, 5.41) is 17.9. The van der Waals surface area contributed by atoms with Gasteiger partial charge in [0.2, 0.25) is 0 Å². The highest BCUT2D eigenvalue weighted by molar-refractivity contribution is 5.40. The highest BCUT2D eigenvalue weighted by Gasteiger charge is 2.04. The minimum Gasteiger partial charge on any atom is -0.497 e. The molecule has 18 heavy (non-hydrogen) atoms. The number of benzene rings is 1. The molecule has 4 nitrogen and oxygen atoms in total. The molecule has 0 saturated carbocycles. The average molecular weight is 254 g/mol. The first-order valence-electron chi connectivity index (χ1n) is 6.33. The van der Waals surface area contributed by atoms with Gasteiger partial charge in [-0.15, -0.1) is 0 Å². The number of rotatable bonds is 9. The third kappa shape index (κ3) is 4.94. The third-order valence-electron chi connectivity index (χ3n) is 2.75.